The first-order valence-electron chi connectivity index (χ1n) is 7.72. The fraction of sp³-hybridized carbons (Fsp3) is 0.929. The van der Waals surface area contributed by atoms with E-state index < -0.39 is 15.4 Å². The number of sulfonamides is 1. The van der Waals surface area contributed by atoms with Crippen molar-refractivity contribution in [2.24, 2.45) is 17.1 Å². The van der Waals surface area contributed by atoms with Gasteiger partial charge in [-0.3, -0.25) is 4.79 Å². The van der Waals surface area contributed by atoms with Crippen molar-refractivity contribution in [3.8, 4) is 0 Å². The molecule has 1 heterocycles. The topological polar surface area (TPSA) is 92.5 Å². The molecule has 1 atom stereocenters. The number of likely N-dealkylation sites (tertiary alicyclic amines) is 1. The molecule has 6 nitrogen and oxygen atoms in total. The second-order valence-electron chi connectivity index (χ2n) is 6.07. The van der Waals surface area contributed by atoms with Crippen molar-refractivity contribution in [2.75, 3.05) is 32.4 Å². The Kier molecular flexibility index (Phi) is 6.62. The van der Waals surface area contributed by atoms with E-state index in [9.17, 15) is 13.2 Å². The van der Waals surface area contributed by atoms with Gasteiger partial charge in [0.15, 0.2) is 0 Å². The largest absolute Gasteiger partial charge is 0.342 e. The van der Waals surface area contributed by atoms with E-state index in [1.54, 1.807) is 0 Å². The lowest BCUT2D eigenvalue weighted by Gasteiger charge is -2.39. The van der Waals surface area contributed by atoms with Crippen molar-refractivity contribution in [1.82, 2.24) is 9.62 Å². The van der Waals surface area contributed by atoms with Gasteiger partial charge in [-0.2, -0.15) is 0 Å². The highest BCUT2D eigenvalue weighted by molar-refractivity contribution is 7.88. The number of rotatable bonds is 7. The van der Waals surface area contributed by atoms with Gasteiger partial charge in [0.05, 0.1) is 11.7 Å². The Morgan fingerprint density at radius 1 is 1.38 bits per heavy atom. The monoisotopic (exact) mass is 319 g/mol. The average Bonchev–Trinajstić information content (AvgIpc) is 2.47. The fourth-order valence-electron chi connectivity index (χ4n) is 2.95. The van der Waals surface area contributed by atoms with E-state index in [1.807, 2.05) is 18.7 Å². The number of hydrogen-bond donors (Lipinski definition) is 2. The molecule has 1 aliphatic rings. The van der Waals surface area contributed by atoms with Crippen LogP contribution in [0.25, 0.3) is 0 Å². The van der Waals surface area contributed by atoms with Gasteiger partial charge in [0.1, 0.15) is 0 Å². The molecule has 3 N–H and O–H groups in total. The molecule has 21 heavy (non-hydrogen) atoms. The smallest absolute Gasteiger partial charge is 0.230 e. The number of nitrogens with zero attached hydrogens (tertiary/aromatic N) is 1. The standard InChI is InChI=1S/C14H29N3O3S/c1-4-14(5-2,11-15)13(18)17-8-6-7-12(10-17)9-16-21(3,19)20/h12,16H,4-11,15H2,1-3H3. The molecular weight excluding hydrogens is 290 g/mol. The molecule has 1 aliphatic heterocycles. The molecule has 1 unspecified atom stereocenters. The normalized spacial score (nSPS) is 20.6. The molecule has 0 aliphatic carbocycles. The second-order valence-corrected chi connectivity index (χ2v) is 7.90. The maximum Gasteiger partial charge on any atom is 0.230 e. The number of hydrogen-bond acceptors (Lipinski definition) is 4. The van der Waals surface area contributed by atoms with Crippen LogP contribution < -0.4 is 10.5 Å². The minimum absolute atomic E-state index is 0.124. The molecule has 0 aromatic heterocycles. The van der Waals surface area contributed by atoms with Gasteiger partial charge in [-0.25, -0.2) is 13.1 Å². The van der Waals surface area contributed by atoms with E-state index >= 15 is 0 Å². The number of nitrogens with one attached hydrogen (secondary N) is 1. The van der Waals surface area contributed by atoms with Crippen molar-refractivity contribution < 1.29 is 13.2 Å². The zero-order chi connectivity index (χ0) is 16.1. The van der Waals surface area contributed by atoms with Crippen LogP contribution in [-0.2, 0) is 14.8 Å². The van der Waals surface area contributed by atoms with Crippen LogP contribution in [0.5, 0.6) is 0 Å². The molecule has 1 fully saturated rings. The quantitative estimate of drug-likeness (QED) is 0.716. The maximum atomic E-state index is 12.8. The van der Waals surface area contributed by atoms with Crippen molar-refractivity contribution in [3.05, 3.63) is 0 Å². The fourth-order valence-corrected chi connectivity index (χ4v) is 3.49. The summed E-state index contributed by atoms with van der Waals surface area (Å²) in [7, 11) is -3.18. The Bertz CT molecular complexity index is 438. The van der Waals surface area contributed by atoms with Gasteiger partial charge in [-0.15, -0.1) is 0 Å². The second kappa shape index (κ2) is 7.56. The highest BCUT2D eigenvalue weighted by Crippen LogP contribution is 2.30. The average molecular weight is 319 g/mol. The lowest BCUT2D eigenvalue weighted by atomic mass is 9.80. The molecule has 124 valence electrons. The Morgan fingerprint density at radius 2 is 2.00 bits per heavy atom. The third-order valence-electron chi connectivity index (χ3n) is 4.64. The minimum atomic E-state index is -3.18. The summed E-state index contributed by atoms with van der Waals surface area (Å²) in [6.45, 7) is 6.12. The summed E-state index contributed by atoms with van der Waals surface area (Å²) in [5.74, 6) is 0.306. The SMILES string of the molecule is CCC(CC)(CN)C(=O)N1CCCC(CNS(C)(=O)=O)C1. The van der Waals surface area contributed by atoms with Crippen molar-refractivity contribution in [1.29, 1.82) is 0 Å². The molecule has 1 amide bonds. The van der Waals surface area contributed by atoms with Crippen LogP contribution in [0.1, 0.15) is 39.5 Å². The van der Waals surface area contributed by atoms with Gasteiger partial charge in [-0.1, -0.05) is 13.8 Å². The van der Waals surface area contributed by atoms with Crippen LogP contribution in [-0.4, -0.2) is 51.7 Å². The first-order valence-corrected chi connectivity index (χ1v) is 9.61. The summed E-state index contributed by atoms with van der Waals surface area (Å²) in [5, 5.41) is 0. The summed E-state index contributed by atoms with van der Waals surface area (Å²) in [6.07, 6.45) is 4.49. The molecule has 0 saturated carbocycles. The molecule has 1 rings (SSSR count). The van der Waals surface area contributed by atoms with Gasteiger partial charge in [0.2, 0.25) is 15.9 Å². The molecular formula is C14H29N3O3S. The Hall–Kier alpha value is -0.660. The molecule has 1 saturated heterocycles. The molecule has 7 heteroatoms. The molecule has 0 bridgehead atoms. The van der Waals surface area contributed by atoms with Crippen LogP contribution in [0.3, 0.4) is 0 Å². The lowest BCUT2D eigenvalue weighted by molar-refractivity contribution is -0.144. The maximum absolute atomic E-state index is 12.8. The van der Waals surface area contributed by atoms with Gasteiger partial charge in [-0.05, 0) is 31.6 Å². The Labute approximate surface area is 128 Å². The third-order valence-corrected chi connectivity index (χ3v) is 5.33. The van der Waals surface area contributed by atoms with E-state index in [0.29, 0.717) is 19.6 Å². The zero-order valence-corrected chi connectivity index (χ0v) is 14.2. The van der Waals surface area contributed by atoms with Crippen LogP contribution >= 0.6 is 0 Å². The first kappa shape index (κ1) is 18.4. The summed E-state index contributed by atoms with van der Waals surface area (Å²) in [5.41, 5.74) is 5.38. The van der Waals surface area contributed by atoms with Crippen molar-refractivity contribution in [2.45, 2.75) is 39.5 Å². The third kappa shape index (κ3) is 4.93. The van der Waals surface area contributed by atoms with Gasteiger partial charge in [0.25, 0.3) is 0 Å². The van der Waals surface area contributed by atoms with Crippen molar-refractivity contribution in [3.63, 3.8) is 0 Å². The van der Waals surface area contributed by atoms with E-state index in [2.05, 4.69) is 4.72 Å². The van der Waals surface area contributed by atoms with Crippen LogP contribution in [0.2, 0.25) is 0 Å². The molecule has 0 spiro atoms. The summed E-state index contributed by atoms with van der Waals surface area (Å²) in [6, 6.07) is 0. The highest BCUT2D eigenvalue weighted by atomic mass is 32.2. The number of piperidine rings is 1. The van der Waals surface area contributed by atoms with E-state index in [-0.39, 0.29) is 11.8 Å². The van der Waals surface area contributed by atoms with Crippen LogP contribution in [0, 0.1) is 11.3 Å². The Balaban J connectivity index is 2.69. The molecule has 0 radical (unpaired) electrons. The highest BCUT2D eigenvalue weighted by Gasteiger charge is 2.38. The van der Waals surface area contributed by atoms with E-state index in [0.717, 1.165) is 38.5 Å². The predicted molar refractivity (Wildman–Crippen MR) is 84.2 cm³/mol. The van der Waals surface area contributed by atoms with Gasteiger partial charge < -0.3 is 10.6 Å². The summed E-state index contributed by atoms with van der Waals surface area (Å²) >= 11 is 0. The predicted octanol–water partition coefficient (Wildman–Crippen LogP) is 0.539. The number of carbonyl (C=O) groups excluding carboxylic acids is 1. The van der Waals surface area contributed by atoms with Crippen LogP contribution in [0.4, 0.5) is 0 Å². The minimum Gasteiger partial charge on any atom is -0.342 e. The van der Waals surface area contributed by atoms with E-state index in [1.165, 1.54) is 0 Å². The van der Waals surface area contributed by atoms with Gasteiger partial charge >= 0.3 is 0 Å². The van der Waals surface area contributed by atoms with E-state index in [4.69, 9.17) is 5.73 Å². The number of amides is 1. The number of carbonyl (C=O) groups is 1. The lowest BCUT2D eigenvalue weighted by Crippen LogP contribution is -2.51. The van der Waals surface area contributed by atoms with Crippen molar-refractivity contribution >= 4 is 15.9 Å². The number of nitrogens with two attached hydrogens (primary N) is 1. The first-order chi connectivity index (χ1) is 9.78. The van der Waals surface area contributed by atoms with Gasteiger partial charge in [0, 0.05) is 26.2 Å². The van der Waals surface area contributed by atoms with Crippen LogP contribution in [0.15, 0.2) is 0 Å². The zero-order valence-electron chi connectivity index (χ0n) is 13.4. The summed E-state index contributed by atoms with van der Waals surface area (Å²) < 4.78 is 24.9. The Morgan fingerprint density at radius 3 is 2.48 bits per heavy atom. The molecule has 0 aromatic rings. The summed E-state index contributed by atoms with van der Waals surface area (Å²) in [4.78, 5) is 14.6. The molecule has 0 aromatic carbocycles.